The molecule has 0 radical (unpaired) electrons. The molecule has 0 amide bonds. The van der Waals surface area contributed by atoms with Crippen LogP contribution in [-0.2, 0) is 20.7 Å². The van der Waals surface area contributed by atoms with Crippen molar-refractivity contribution < 1.29 is 49.0 Å². The van der Waals surface area contributed by atoms with Gasteiger partial charge in [-0.3, -0.25) is 19.4 Å². The van der Waals surface area contributed by atoms with Crippen molar-refractivity contribution in [2.45, 2.75) is 89.1 Å². The molecule has 6 atom stereocenters. The Morgan fingerprint density at radius 3 is 2.42 bits per heavy atom. The zero-order valence-electron chi connectivity index (χ0n) is 25.7. The minimum atomic E-state index is -2.01. The van der Waals surface area contributed by atoms with E-state index in [0.717, 1.165) is 31.8 Å². The lowest BCUT2D eigenvalue weighted by atomic mass is 9.72. The summed E-state index contributed by atoms with van der Waals surface area (Å²) >= 11 is 0. The van der Waals surface area contributed by atoms with Gasteiger partial charge in [0.2, 0.25) is 5.78 Å². The number of aliphatic imine (C=N–C) groups is 1. The van der Waals surface area contributed by atoms with Crippen LogP contribution in [0.2, 0.25) is 0 Å². The van der Waals surface area contributed by atoms with Crippen LogP contribution in [0, 0.1) is 0 Å². The van der Waals surface area contributed by atoms with Crippen molar-refractivity contribution in [2.24, 2.45) is 4.99 Å². The van der Waals surface area contributed by atoms with Gasteiger partial charge in [-0.25, -0.2) is 0 Å². The van der Waals surface area contributed by atoms with Gasteiger partial charge in [-0.2, -0.15) is 0 Å². The molecule has 2 aliphatic carbocycles. The molecule has 240 valence electrons. The van der Waals surface area contributed by atoms with Crippen molar-refractivity contribution in [2.75, 3.05) is 20.2 Å². The van der Waals surface area contributed by atoms with E-state index in [1.165, 1.54) is 32.2 Å². The van der Waals surface area contributed by atoms with Gasteiger partial charge in [-0.05, 0) is 39.7 Å². The number of aliphatic hydroxyl groups is 2. The van der Waals surface area contributed by atoms with E-state index in [9.17, 15) is 34.8 Å². The highest BCUT2D eigenvalue weighted by Crippen LogP contribution is 2.52. The smallest absolute Gasteiger partial charge is 0.202 e. The Morgan fingerprint density at radius 2 is 1.76 bits per heavy atom. The van der Waals surface area contributed by atoms with E-state index < -0.39 is 82.6 Å². The van der Waals surface area contributed by atoms with Gasteiger partial charge in [-0.1, -0.05) is 12.1 Å². The van der Waals surface area contributed by atoms with Crippen molar-refractivity contribution in [1.29, 1.82) is 0 Å². The van der Waals surface area contributed by atoms with E-state index in [1.807, 2.05) is 6.92 Å². The van der Waals surface area contributed by atoms with Crippen LogP contribution in [0.25, 0.3) is 0 Å². The van der Waals surface area contributed by atoms with Gasteiger partial charge in [0.05, 0.1) is 47.9 Å². The van der Waals surface area contributed by atoms with Crippen molar-refractivity contribution in [3.05, 3.63) is 51.6 Å². The van der Waals surface area contributed by atoms with E-state index >= 15 is 0 Å². The number of rotatable bonds is 5. The van der Waals surface area contributed by atoms with E-state index in [-0.39, 0.29) is 40.8 Å². The van der Waals surface area contributed by atoms with Gasteiger partial charge in [-0.15, -0.1) is 0 Å². The van der Waals surface area contributed by atoms with E-state index in [1.54, 1.807) is 6.92 Å². The number of carbonyl (C=O) groups is 3. The first-order chi connectivity index (χ1) is 21.4. The molecule has 6 rings (SSSR count). The number of amidine groups is 1. The molecule has 4 N–H and O–H groups in total. The molecular formula is C33H38N2O10. The van der Waals surface area contributed by atoms with Crippen LogP contribution in [0.1, 0.15) is 95.5 Å². The first-order valence-electron chi connectivity index (χ1n) is 15.2. The topological polar surface area (TPSA) is 175 Å². The van der Waals surface area contributed by atoms with Crippen LogP contribution in [0.3, 0.4) is 0 Å². The minimum Gasteiger partial charge on any atom is -0.507 e. The highest BCUT2D eigenvalue weighted by molar-refractivity contribution is 6.31. The first kappa shape index (κ1) is 31.2. The first-order valence-corrected chi connectivity index (χ1v) is 15.2. The summed E-state index contributed by atoms with van der Waals surface area (Å²) in [5.41, 5.74) is -2.99. The number of methoxy groups -OCH3 is 1. The van der Waals surface area contributed by atoms with E-state index in [0.29, 0.717) is 0 Å². The Balaban J connectivity index is 1.42. The molecule has 5 unspecified atom stereocenters. The molecule has 12 heteroatoms. The second kappa shape index (κ2) is 11.5. The Bertz CT molecular complexity index is 1610. The second-order valence-electron chi connectivity index (χ2n) is 12.4. The van der Waals surface area contributed by atoms with Crippen LogP contribution >= 0.6 is 0 Å². The lowest BCUT2D eigenvalue weighted by Crippen LogP contribution is -2.49. The number of nitrogens with zero attached hydrogens (tertiary/aromatic N) is 2. The number of hydrogen-bond donors (Lipinski definition) is 4. The third-order valence-electron chi connectivity index (χ3n) is 9.64. The molecule has 4 aliphatic rings. The molecule has 2 fully saturated rings. The molecule has 2 aliphatic heterocycles. The second-order valence-corrected chi connectivity index (χ2v) is 12.4. The normalized spacial score (nSPS) is 29.7. The molecular weight excluding hydrogens is 584 g/mol. The predicted molar refractivity (Wildman–Crippen MR) is 160 cm³/mol. The van der Waals surface area contributed by atoms with Gasteiger partial charge in [0.1, 0.15) is 29.0 Å². The van der Waals surface area contributed by atoms with Crippen LogP contribution in [0.5, 0.6) is 17.2 Å². The maximum atomic E-state index is 13.8. The van der Waals surface area contributed by atoms with Crippen molar-refractivity contribution in [1.82, 2.24) is 4.90 Å². The van der Waals surface area contributed by atoms with E-state index in [4.69, 9.17) is 19.2 Å². The number of hydrogen-bond acceptors (Lipinski definition) is 11. The molecule has 0 bridgehead atoms. The summed E-state index contributed by atoms with van der Waals surface area (Å²) in [6.07, 6.45) is -2.31. The Labute approximate surface area is 260 Å². The number of likely N-dealkylation sites (tertiary alicyclic amines) is 1. The fourth-order valence-corrected chi connectivity index (χ4v) is 7.09. The Hall–Kier alpha value is -3.84. The number of fused-ring (bicyclic) bond motifs is 3. The summed E-state index contributed by atoms with van der Waals surface area (Å²) in [6.45, 7) is 6.56. The zero-order chi connectivity index (χ0) is 32.4. The summed E-state index contributed by atoms with van der Waals surface area (Å²) < 4.78 is 17.6. The average molecular weight is 623 g/mol. The number of carbonyl (C=O) groups excluding carboxylic acids is 3. The lowest BCUT2D eigenvalue weighted by Gasteiger charge is -2.42. The number of benzene rings is 2. The Kier molecular flexibility index (Phi) is 7.97. The number of Topliss-reactive ketones (excluding diaryl/α,β-unsaturated/α-hetero) is 1. The monoisotopic (exact) mass is 622 g/mol. The average Bonchev–Trinajstić information content (AvgIpc) is 3.55. The zero-order valence-corrected chi connectivity index (χ0v) is 25.7. The molecule has 12 nitrogen and oxygen atoms in total. The molecule has 0 spiro atoms. The molecule has 45 heavy (non-hydrogen) atoms. The largest absolute Gasteiger partial charge is 0.507 e. The van der Waals surface area contributed by atoms with E-state index in [2.05, 4.69) is 4.90 Å². The molecule has 0 aromatic heterocycles. The highest BCUT2D eigenvalue weighted by Gasteiger charge is 2.49. The van der Waals surface area contributed by atoms with Crippen molar-refractivity contribution in [3.63, 3.8) is 0 Å². The molecule has 2 saturated heterocycles. The number of phenolic OH excluding ortho intramolecular Hbond substituents is 2. The molecule has 2 heterocycles. The maximum Gasteiger partial charge on any atom is 0.202 e. The number of ether oxygens (including phenoxy) is 3. The van der Waals surface area contributed by atoms with Gasteiger partial charge >= 0.3 is 0 Å². The van der Waals surface area contributed by atoms with Crippen molar-refractivity contribution in [3.8, 4) is 17.2 Å². The number of phenols is 2. The maximum absolute atomic E-state index is 13.8. The van der Waals surface area contributed by atoms with Gasteiger partial charge in [0, 0.05) is 49.0 Å². The number of aromatic hydroxyl groups is 2. The van der Waals surface area contributed by atoms with Gasteiger partial charge < -0.3 is 39.5 Å². The van der Waals surface area contributed by atoms with Crippen LogP contribution < -0.4 is 4.74 Å². The lowest BCUT2D eigenvalue weighted by molar-refractivity contribution is -0.247. The fourth-order valence-electron chi connectivity index (χ4n) is 7.09. The molecule has 0 saturated carbocycles. The fraction of sp³-hybridized carbons (Fsp3) is 0.515. The summed E-state index contributed by atoms with van der Waals surface area (Å²) in [5, 5.41) is 45.6. The number of ketones is 3. The summed E-state index contributed by atoms with van der Waals surface area (Å²) in [4.78, 5) is 47.2. The predicted octanol–water partition coefficient (Wildman–Crippen LogP) is 2.58. The summed E-state index contributed by atoms with van der Waals surface area (Å²) in [7, 11) is 1.35. The van der Waals surface area contributed by atoms with Crippen LogP contribution in [0.15, 0.2) is 23.2 Å². The third kappa shape index (κ3) is 5.09. The summed E-state index contributed by atoms with van der Waals surface area (Å²) in [6, 6.07) is 3.90. The minimum absolute atomic E-state index is 0.00842. The van der Waals surface area contributed by atoms with Crippen LogP contribution in [-0.4, -0.2) is 98.9 Å². The quantitative estimate of drug-likeness (QED) is 0.187. The molecule has 2 aromatic rings. The number of aliphatic hydroxyl groups excluding tert-OH is 1. The highest BCUT2D eigenvalue weighted by atomic mass is 16.7. The van der Waals surface area contributed by atoms with Gasteiger partial charge in [0.15, 0.2) is 17.9 Å². The Morgan fingerprint density at radius 1 is 1.07 bits per heavy atom. The third-order valence-corrected chi connectivity index (χ3v) is 9.64. The van der Waals surface area contributed by atoms with Crippen molar-refractivity contribution >= 4 is 23.2 Å². The SMILES string of the molecule is COc1cccc2c1C(=O)c1c(O)c3c(c(O)c1C2=O)CC(O)(C(C)=O)C[C@@H]3OC1CC(N=C(C)N2CCCC2)C(O)C(C)O1. The molecule has 2 aromatic carbocycles. The standard InChI is InChI=1S/C33H38N2O10/c1-15-28(37)20(34-17(3)35-10-5-6-11-35)12-23(44-15)45-22-14-33(42,16(2)36)13-19-25(22)32(41)27-26(30(19)39)29(38)18-8-7-9-21(43-4)24(18)31(27)40/h7-9,15,20,22-23,28,37,39,41-42H,5-6,10-14H2,1-4H3/t15?,20?,22-,23?,28?,33?/m0/s1. The van der Waals surface area contributed by atoms with Crippen LogP contribution in [0.4, 0.5) is 0 Å². The van der Waals surface area contributed by atoms with Gasteiger partial charge in [0.25, 0.3) is 0 Å². The summed E-state index contributed by atoms with van der Waals surface area (Å²) in [5.74, 6) is -2.32.